The molecule has 508 valence electrons. The van der Waals surface area contributed by atoms with E-state index in [1.165, 1.54) is 12.7 Å². The quantitative estimate of drug-likeness (QED) is 0.0142. The van der Waals surface area contributed by atoms with Crippen LogP contribution in [0.4, 0.5) is 11.6 Å². The number of alkyl halides is 1. The molecule has 28 nitrogen and oxygen atoms in total. The number of nitrogens with zero attached hydrogens (tertiary/aromatic N) is 8. The van der Waals surface area contributed by atoms with E-state index in [-0.39, 0.29) is 13.6 Å². The molecule has 0 atom stereocenters. The minimum absolute atomic E-state index is 0.235. The van der Waals surface area contributed by atoms with E-state index in [4.69, 9.17) is 100.0 Å². The van der Waals surface area contributed by atoms with Crippen LogP contribution in [0.1, 0.15) is 38.5 Å². The van der Waals surface area contributed by atoms with Crippen molar-refractivity contribution in [2.45, 2.75) is 71.7 Å². The van der Waals surface area contributed by atoms with Crippen molar-refractivity contribution >= 4 is 119 Å². The predicted octanol–water partition coefficient (Wildman–Crippen LogP) is 6.14. The third kappa shape index (κ3) is 28.7. The Labute approximate surface area is 576 Å². The van der Waals surface area contributed by atoms with E-state index in [9.17, 15) is 0 Å². The summed E-state index contributed by atoms with van der Waals surface area (Å²) in [6.45, 7) is 17.6. The van der Waals surface area contributed by atoms with Crippen LogP contribution in [0.3, 0.4) is 0 Å². The number of fused-ring (bicyclic) bond motifs is 4. The summed E-state index contributed by atoms with van der Waals surface area (Å²) in [6.07, 6.45) is 8.38. The Morgan fingerprint density at radius 3 is 1.11 bits per heavy atom. The molecule has 8 rings (SSSR count). The lowest BCUT2D eigenvalue weighted by Crippen LogP contribution is -2.20. The molecule has 2 aromatic carbocycles. The van der Waals surface area contributed by atoms with Crippen molar-refractivity contribution in [1.29, 1.82) is 0 Å². The summed E-state index contributed by atoms with van der Waals surface area (Å²) in [5, 5.41) is 6.03. The van der Waals surface area contributed by atoms with Crippen LogP contribution in [0.25, 0.3) is 22.3 Å². The van der Waals surface area contributed by atoms with Gasteiger partial charge in [-0.05, 0) is 141 Å². The average Bonchev–Trinajstić information content (AvgIpc) is 1.78. The van der Waals surface area contributed by atoms with Crippen molar-refractivity contribution in [3.8, 4) is 23.0 Å². The number of hydrogen-bond donors (Lipinski definition) is 6. The van der Waals surface area contributed by atoms with Crippen LogP contribution in [0.5, 0.6) is 23.0 Å². The maximum atomic E-state index is 6.13. The molecular weight excluding hydrogens is 1510 g/mol. The minimum Gasteiger partial charge on any atom is -0.454 e. The Bertz CT molecular complexity index is 2940. The molecule has 0 bridgehead atoms. The van der Waals surface area contributed by atoms with Crippen molar-refractivity contribution in [2.24, 2.45) is 17.2 Å². The average molecular weight is 1600 g/mol. The number of aryl methyl sites for hydroxylation is 2. The van der Waals surface area contributed by atoms with Gasteiger partial charge >= 0.3 is 0 Å². The predicted molar refractivity (Wildman–Crippen MR) is 368 cm³/mol. The zero-order valence-corrected chi connectivity index (χ0v) is 59.1. The monoisotopic (exact) mass is 1600 g/mol. The first-order valence-electron chi connectivity index (χ1n) is 30.4. The molecule has 0 aliphatic carbocycles. The van der Waals surface area contributed by atoms with Gasteiger partial charge in [-0.1, -0.05) is 39.5 Å². The summed E-state index contributed by atoms with van der Waals surface area (Å²) in [7, 11) is 0. The fourth-order valence-electron chi connectivity index (χ4n) is 8.10. The van der Waals surface area contributed by atoms with Crippen LogP contribution >= 0.6 is 84.6 Å². The number of nitrogens with two attached hydrogens (primary N) is 5. The smallest absolute Gasteiger partial charge is 0.231 e. The van der Waals surface area contributed by atoms with Gasteiger partial charge in [-0.15, -0.1) is 0 Å². The summed E-state index contributed by atoms with van der Waals surface area (Å²) < 4.78 is 82.5. The van der Waals surface area contributed by atoms with Crippen LogP contribution < -0.4 is 52.9 Å². The lowest BCUT2D eigenvalue weighted by Gasteiger charge is -2.11. The molecule has 4 aromatic heterocycles. The molecule has 2 aliphatic heterocycles. The van der Waals surface area contributed by atoms with Crippen LogP contribution in [0.15, 0.2) is 57.0 Å². The standard InChI is InChI=1S/C29H44IN7O7S.C15H13BrIN5O2S.C14H32N2O5/c30-22-18-23-24(44-21-43-23)19-25(22)45-29-36-26-27(32)34-20-35-28(26)37(29)7-2-5-33-6-3-9-39-11-13-41-15-17-42-16-14-40-12-10-38-8-1-4-31;16-2-1-3-22-14-12(13(18)19-6-20-14)21-15(22)25-11-5-10-9(4-8(11)17)23-7-24-10;15-3-1-5-17-7-9-19-11-13-21-14-12-20-10-8-18-6-2-4-16/h18-20,33H,1-17,21,31H2,(H2,32,34,35);4-6H,1-3,7H2,(H2,18,19,20);1-16H2. The van der Waals surface area contributed by atoms with Crippen molar-refractivity contribution in [3.05, 3.63) is 44.1 Å². The Kier molecular flexibility index (Phi) is 39.8. The molecule has 0 fully saturated rings. The Hall–Kier alpha value is -3.58. The van der Waals surface area contributed by atoms with Crippen molar-refractivity contribution in [3.63, 3.8) is 0 Å². The summed E-state index contributed by atoms with van der Waals surface area (Å²) in [5.41, 5.74) is 30.9. The first kappa shape index (κ1) is 76.4. The highest BCUT2D eigenvalue weighted by molar-refractivity contribution is 14.1. The molecule has 2 aliphatic rings. The highest BCUT2D eigenvalue weighted by atomic mass is 127. The van der Waals surface area contributed by atoms with Gasteiger partial charge in [0.25, 0.3) is 0 Å². The van der Waals surface area contributed by atoms with Gasteiger partial charge in [0, 0.05) is 61.8 Å². The normalized spacial score (nSPS) is 12.3. The number of benzene rings is 2. The number of hydrogen-bond acceptors (Lipinski definition) is 28. The number of nitrogen functional groups attached to an aromatic ring is 2. The fourth-order valence-corrected chi connectivity index (χ4v) is 11.8. The Morgan fingerprint density at radius 2 is 0.758 bits per heavy atom. The molecule has 91 heavy (non-hydrogen) atoms. The van der Waals surface area contributed by atoms with Gasteiger partial charge in [-0.25, -0.2) is 29.9 Å². The van der Waals surface area contributed by atoms with Crippen LogP contribution in [-0.4, -0.2) is 223 Å². The van der Waals surface area contributed by atoms with Gasteiger partial charge in [0.15, 0.2) is 67.3 Å². The molecular formula is C58H89BrI2N14O14S2. The van der Waals surface area contributed by atoms with Gasteiger partial charge in [0.2, 0.25) is 13.6 Å². The van der Waals surface area contributed by atoms with E-state index in [1.54, 1.807) is 23.5 Å². The van der Waals surface area contributed by atoms with Crippen LogP contribution in [-0.2, 0) is 60.5 Å². The van der Waals surface area contributed by atoms with E-state index >= 15 is 0 Å². The number of aromatic nitrogens is 8. The lowest BCUT2D eigenvalue weighted by atomic mass is 10.3. The number of nitrogens with one attached hydrogen (secondary N) is 1. The highest BCUT2D eigenvalue weighted by Gasteiger charge is 2.23. The fraction of sp³-hybridized carbons (Fsp3) is 0.621. The number of imidazole rings is 2. The molecule has 0 saturated carbocycles. The molecule has 0 amide bonds. The molecule has 6 heterocycles. The molecule has 0 spiro atoms. The Morgan fingerprint density at radius 1 is 0.440 bits per heavy atom. The van der Waals surface area contributed by atoms with E-state index in [0.29, 0.717) is 174 Å². The summed E-state index contributed by atoms with van der Waals surface area (Å²) in [6, 6.07) is 7.93. The molecule has 11 N–H and O–H groups in total. The summed E-state index contributed by atoms with van der Waals surface area (Å²) in [5.74, 6) is 3.79. The zero-order valence-electron chi connectivity index (χ0n) is 51.6. The molecule has 6 aromatic rings. The molecule has 0 saturated heterocycles. The molecule has 0 radical (unpaired) electrons. The summed E-state index contributed by atoms with van der Waals surface area (Å²) >= 11 is 11.2. The van der Waals surface area contributed by atoms with Crippen LogP contribution in [0, 0.1) is 7.14 Å². The first-order valence-corrected chi connectivity index (χ1v) is 35.3. The van der Waals surface area contributed by atoms with Crippen molar-refractivity contribution in [2.75, 3.05) is 195 Å². The zero-order chi connectivity index (χ0) is 64.4. The second-order valence-corrected chi connectivity index (χ2v) is 24.6. The SMILES string of the molecule is NCCCOCCOCCOCCOCCOCCCN.NCCCOCCOCCOCCOCCOCCCNCCCn1c(Sc2cc3c(cc2I)OCO3)nc2c(N)ncnc21.Nc1ncnc2c1nc(Sc1cc3c(cc1I)OCO3)n2CCCBr. The lowest BCUT2D eigenvalue weighted by molar-refractivity contribution is -0.0111. The van der Waals surface area contributed by atoms with Gasteiger partial charge < -0.3 is 109 Å². The highest BCUT2D eigenvalue weighted by Crippen LogP contribution is 2.43. The van der Waals surface area contributed by atoms with E-state index in [2.05, 4.69) is 100 Å². The molecule has 33 heteroatoms. The molecule has 0 unspecified atom stereocenters. The van der Waals surface area contributed by atoms with Gasteiger partial charge in [0.05, 0.1) is 106 Å². The number of halogens is 3. The van der Waals surface area contributed by atoms with Gasteiger partial charge in [-0.3, -0.25) is 0 Å². The third-order valence-electron chi connectivity index (χ3n) is 12.7. The van der Waals surface area contributed by atoms with Crippen LogP contribution in [0.2, 0.25) is 0 Å². The number of rotatable bonds is 48. The first-order chi connectivity index (χ1) is 44.8. The third-order valence-corrected chi connectivity index (χ3v) is 17.8. The second-order valence-electron chi connectivity index (χ2n) is 19.5. The topological polar surface area (TPSA) is 359 Å². The number of ether oxygens (including phenoxy) is 14. The van der Waals surface area contributed by atoms with E-state index < -0.39 is 0 Å². The minimum atomic E-state index is 0.235. The van der Waals surface area contributed by atoms with E-state index in [1.807, 2.05) is 24.3 Å². The summed E-state index contributed by atoms with van der Waals surface area (Å²) in [4.78, 5) is 28.6. The van der Waals surface area contributed by atoms with Crippen molar-refractivity contribution in [1.82, 2.24) is 44.4 Å². The van der Waals surface area contributed by atoms with Gasteiger partial charge in [0.1, 0.15) is 12.7 Å². The Balaban J connectivity index is 0.000000240. The number of anilines is 2. The second kappa shape index (κ2) is 47.3. The maximum Gasteiger partial charge on any atom is 0.231 e. The van der Waals surface area contributed by atoms with E-state index in [0.717, 1.165) is 132 Å². The van der Waals surface area contributed by atoms with Crippen molar-refractivity contribution < 1.29 is 66.3 Å². The van der Waals surface area contributed by atoms with Gasteiger partial charge in [-0.2, -0.15) is 0 Å². The largest absolute Gasteiger partial charge is 0.454 e. The maximum absolute atomic E-state index is 6.13.